The lowest BCUT2D eigenvalue weighted by Crippen LogP contribution is -2.10. The van der Waals surface area contributed by atoms with Gasteiger partial charge < -0.3 is 4.74 Å². The molecule has 0 N–H and O–H groups in total. The van der Waals surface area contributed by atoms with Crippen molar-refractivity contribution in [3.8, 4) is 5.75 Å². The predicted molar refractivity (Wildman–Crippen MR) is 66.3 cm³/mol. The number of benzene rings is 1. The van der Waals surface area contributed by atoms with Gasteiger partial charge in [-0.05, 0) is 19.1 Å². The summed E-state index contributed by atoms with van der Waals surface area (Å²) in [7, 11) is -3.11. The molecule has 5 heteroatoms. The zero-order valence-electron chi connectivity index (χ0n) is 9.97. The van der Waals surface area contributed by atoms with Gasteiger partial charge in [0, 0.05) is 12.7 Å². The van der Waals surface area contributed by atoms with Crippen LogP contribution in [0.4, 0.5) is 0 Å². The van der Waals surface area contributed by atoms with Gasteiger partial charge in [-0.1, -0.05) is 12.1 Å². The Hall–Kier alpha value is -1.36. The molecule has 1 aromatic carbocycles. The Morgan fingerprint density at radius 3 is 2.53 bits per heavy atom. The molecule has 1 rings (SSSR count). The Bertz CT molecular complexity index is 491. The van der Waals surface area contributed by atoms with Crippen molar-refractivity contribution in [2.45, 2.75) is 13.3 Å². The third-order valence-electron chi connectivity index (χ3n) is 2.19. The van der Waals surface area contributed by atoms with E-state index in [1.807, 2.05) is 6.92 Å². The highest BCUT2D eigenvalue weighted by Crippen LogP contribution is 2.19. The van der Waals surface area contributed by atoms with Crippen molar-refractivity contribution < 1.29 is 17.9 Å². The molecule has 17 heavy (non-hydrogen) atoms. The third-order valence-corrected chi connectivity index (χ3v) is 3.13. The summed E-state index contributed by atoms with van der Waals surface area (Å²) >= 11 is 0. The summed E-state index contributed by atoms with van der Waals surface area (Å²) in [6.45, 7) is 2.30. The third kappa shape index (κ3) is 4.56. The Morgan fingerprint density at radius 1 is 1.29 bits per heavy atom. The molecule has 0 radical (unpaired) electrons. The fraction of sp³-hybridized carbons (Fsp3) is 0.417. The van der Waals surface area contributed by atoms with Crippen LogP contribution in [0.5, 0.6) is 5.75 Å². The van der Waals surface area contributed by atoms with Crippen LogP contribution in [0, 0.1) is 0 Å². The minimum atomic E-state index is -3.11. The monoisotopic (exact) mass is 256 g/mol. The molecule has 0 fully saturated rings. The quantitative estimate of drug-likeness (QED) is 0.727. The van der Waals surface area contributed by atoms with Crippen LogP contribution in [0.1, 0.15) is 23.7 Å². The van der Waals surface area contributed by atoms with E-state index in [4.69, 9.17) is 4.74 Å². The van der Waals surface area contributed by atoms with E-state index in [0.717, 1.165) is 6.26 Å². The number of carbonyl (C=O) groups is 1. The highest BCUT2D eigenvalue weighted by molar-refractivity contribution is 7.90. The highest BCUT2D eigenvalue weighted by Gasteiger charge is 2.14. The molecule has 0 unspecified atom stereocenters. The zero-order chi connectivity index (χ0) is 12.9. The molecule has 0 bridgehead atoms. The first-order chi connectivity index (χ1) is 7.94. The largest absolute Gasteiger partial charge is 0.493 e. The summed E-state index contributed by atoms with van der Waals surface area (Å²) in [5.41, 5.74) is 0.443. The number of hydrogen-bond donors (Lipinski definition) is 0. The van der Waals surface area contributed by atoms with Crippen molar-refractivity contribution in [3.05, 3.63) is 29.8 Å². The van der Waals surface area contributed by atoms with E-state index in [9.17, 15) is 13.2 Å². The topological polar surface area (TPSA) is 60.4 Å². The highest BCUT2D eigenvalue weighted by atomic mass is 32.2. The van der Waals surface area contributed by atoms with Crippen molar-refractivity contribution in [1.29, 1.82) is 0 Å². The Balaban J connectivity index is 2.81. The van der Waals surface area contributed by atoms with Crippen LogP contribution in [-0.2, 0) is 9.84 Å². The van der Waals surface area contributed by atoms with Gasteiger partial charge >= 0.3 is 0 Å². The molecule has 0 aliphatic carbocycles. The zero-order valence-corrected chi connectivity index (χ0v) is 10.8. The van der Waals surface area contributed by atoms with Gasteiger partial charge in [0.2, 0.25) is 0 Å². The van der Waals surface area contributed by atoms with E-state index in [2.05, 4.69) is 0 Å². The molecular formula is C12H16O4S. The minimum absolute atomic E-state index is 0.0110. The summed E-state index contributed by atoms with van der Waals surface area (Å²) in [6, 6.07) is 6.86. The van der Waals surface area contributed by atoms with Gasteiger partial charge in [-0.15, -0.1) is 0 Å². The smallest absolute Gasteiger partial charge is 0.167 e. The lowest BCUT2D eigenvalue weighted by Gasteiger charge is -2.08. The van der Waals surface area contributed by atoms with E-state index < -0.39 is 9.84 Å². The van der Waals surface area contributed by atoms with Crippen LogP contribution in [-0.4, -0.2) is 32.8 Å². The molecule has 0 heterocycles. The SMILES string of the molecule is CCOc1ccccc1C(=O)CCS(C)(=O)=O. The van der Waals surface area contributed by atoms with Crippen molar-refractivity contribution in [3.63, 3.8) is 0 Å². The lowest BCUT2D eigenvalue weighted by molar-refractivity contribution is 0.0985. The lowest BCUT2D eigenvalue weighted by atomic mass is 10.1. The summed E-state index contributed by atoms with van der Waals surface area (Å²) in [5, 5.41) is 0. The van der Waals surface area contributed by atoms with Crippen molar-refractivity contribution in [2.24, 2.45) is 0 Å². The van der Waals surface area contributed by atoms with Gasteiger partial charge in [0.05, 0.1) is 17.9 Å². The Labute approximate surface area is 102 Å². The average molecular weight is 256 g/mol. The molecule has 0 atom stereocenters. The van der Waals surface area contributed by atoms with Gasteiger partial charge in [0.25, 0.3) is 0 Å². The summed E-state index contributed by atoms with van der Waals surface area (Å²) in [4.78, 5) is 11.8. The van der Waals surface area contributed by atoms with E-state index in [0.29, 0.717) is 17.9 Å². The molecule has 0 spiro atoms. The number of para-hydroxylation sites is 1. The average Bonchev–Trinajstić information content (AvgIpc) is 2.26. The van der Waals surface area contributed by atoms with Crippen LogP contribution in [0.25, 0.3) is 0 Å². The van der Waals surface area contributed by atoms with Gasteiger partial charge in [-0.2, -0.15) is 0 Å². The van der Waals surface area contributed by atoms with Gasteiger partial charge in [-0.3, -0.25) is 4.79 Å². The standard InChI is InChI=1S/C12H16O4S/c1-3-16-12-7-5-4-6-10(12)11(13)8-9-17(2,14)15/h4-7H,3,8-9H2,1-2H3. The molecule has 0 saturated heterocycles. The van der Waals surface area contributed by atoms with Crippen LogP contribution >= 0.6 is 0 Å². The number of hydrogen-bond acceptors (Lipinski definition) is 4. The number of Topliss-reactive ketones (excluding diaryl/α,β-unsaturated/α-hetero) is 1. The molecule has 1 aromatic rings. The van der Waals surface area contributed by atoms with Crippen molar-refractivity contribution >= 4 is 15.6 Å². The number of carbonyl (C=O) groups excluding carboxylic acids is 1. The normalized spacial score (nSPS) is 11.2. The van der Waals surface area contributed by atoms with Gasteiger partial charge in [-0.25, -0.2) is 8.42 Å². The van der Waals surface area contributed by atoms with E-state index in [-0.39, 0.29) is 18.0 Å². The van der Waals surface area contributed by atoms with Gasteiger partial charge in [0.15, 0.2) is 5.78 Å². The molecule has 0 aromatic heterocycles. The van der Waals surface area contributed by atoms with Crippen LogP contribution < -0.4 is 4.74 Å². The Kier molecular flexibility index (Phi) is 4.69. The predicted octanol–water partition coefficient (Wildman–Crippen LogP) is 1.70. The van der Waals surface area contributed by atoms with E-state index >= 15 is 0 Å². The second-order valence-corrected chi connectivity index (χ2v) is 5.99. The molecule has 4 nitrogen and oxygen atoms in total. The molecule has 0 aliphatic heterocycles. The van der Waals surface area contributed by atoms with Crippen molar-refractivity contribution in [1.82, 2.24) is 0 Å². The van der Waals surface area contributed by atoms with E-state index in [1.165, 1.54) is 0 Å². The minimum Gasteiger partial charge on any atom is -0.493 e. The maximum absolute atomic E-state index is 11.8. The maximum Gasteiger partial charge on any atom is 0.167 e. The molecule has 0 saturated carbocycles. The van der Waals surface area contributed by atoms with Crippen LogP contribution in [0.3, 0.4) is 0 Å². The number of rotatable bonds is 6. The fourth-order valence-electron chi connectivity index (χ4n) is 1.39. The second-order valence-electron chi connectivity index (χ2n) is 3.73. The summed E-state index contributed by atoms with van der Waals surface area (Å²) in [6.07, 6.45) is 1.11. The first-order valence-electron chi connectivity index (χ1n) is 5.37. The fourth-order valence-corrected chi connectivity index (χ4v) is 1.95. The van der Waals surface area contributed by atoms with Crippen LogP contribution in [0.2, 0.25) is 0 Å². The number of sulfone groups is 1. The van der Waals surface area contributed by atoms with Crippen molar-refractivity contribution in [2.75, 3.05) is 18.6 Å². The Morgan fingerprint density at radius 2 is 1.94 bits per heavy atom. The number of ether oxygens (including phenoxy) is 1. The summed E-state index contributed by atoms with van der Waals surface area (Å²) in [5.74, 6) is 0.166. The maximum atomic E-state index is 11.8. The second kappa shape index (κ2) is 5.82. The first-order valence-corrected chi connectivity index (χ1v) is 7.43. The van der Waals surface area contributed by atoms with Crippen LogP contribution in [0.15, 0.2) is 24.3 Å². The van der Waals surface area contributed by atoms with E-state index in [1.54, 1.807) is 24.3 Å². The van der Waals surface area contributed by atoms with Gasteiger partial charge in [0.1, 0.15) is 15.6 Å². The first kappa shape index (κ1) is 13.7. The molecule has 94 valence electrons. The molecule has 0 aliphatic rings. The molecule has 0 amide bonds. The number of ketones is 1. The summed E-state index contributed by atoms with van der Waals surface area (Å²) < 4.78 is 27.3. The molecular weight excluding hydrogens is 240 g/mol.